The molecule has 0 radical (unpaired) electrons. The van der Waals surface area contributed by atoms with Crippen LogP contribution >= 0.6 is 0 Å². The van der Waals surface area contributed by atoms with Crippen molar-refractivity contribution in [1.82, 2.24) is 0 Å². The highest BCUT2D eigenvalue weighted by atomic mass is 15.1. The Bertz CT molecular complexity index is 1870. The lowest BCUT2D eigenvalue weighted by Crippen LogP contribution is -2.09. The summed E-state index contributed by atoms with van der Waals surface area (Å²) in [4.78, 5) is 16.5. The minimum atomic E-state index is -0.0797. The van der Waals surface area contributed by atoms with Crippen LogP contribution in [0.1, 0.15) is 11.1 Å². The molecule has 0 amide bonds. The number of anilines is 6. The van der Waals surface area contributed by atoms with Crippen molar-refractivity contribution in [3.05, 3.63) is 204 Å². The molecule has 0 aliphatic rings. The molecule has 0 bridgehead atoms. The van der Waals surface area contributed by atoms with E-state index >= 15 is 0 Å². The molecule has 6 aromatic rings. The Kier molecular flexibility index (Phi) is 9.89. The fraction of sp³-hybridized carbons (Fsp3) is 0. The summed E-state index contributed by atoms with van der Waals surface area (Å²) >= 11 is 0. The average molecular weight is 619 g/mol. The van der Waals surface area contributed by atoms with Gasteiger partial charge in [0, 0.05) is 45.9 Å². The third-order valence-corrected chi connectivity index (χ3v) is 7.46. The number of allylic oxidation sites excluding steroid dienone is 1. The van der Waals surface area contributed by atoms with E-state index in [0.29, 0.717) is 0 Å². The van der Waals surface area contributed by atoms with Gasteiger partial charge in [0.2, 0.25) is 0 Å². The summed E-state index contributed by atoms with van der Waals surface area (Å²) in [6, 6.07) is 58.4. The Hall–Kier alpha value is -7.02. The normalized spacial score (nSPS) is 11.5. The van der Waals surface area contributed by atoms with Gasteiger partial charge in [-0.2, -0.15) is 5.26 Å². The Labute approximate surface area is 281 Å². The second-order valence-electron chi connectivity index (χ2n) is 10.6. The van der Waals surface area contributed by atoms with Crippen LogP contribution in [0, 0.1) is 17.9 Å². The van der Waals surface area contributed by atoms with Gasteiger partial charge in [-0.1, -0.05) is 91.5 Å². The van der Waals surface area contributed by atoms with Gasteiger partial charge in [0.25, 0.3) is 0 Å². The lowest BCUT2D eigenvalue weighted by molar-refractivity contribution is 1.27. The van der Waals surface area contributed by atoms with Crippen molar-refractivity contribution in [3.63, 3.8) is 0 Å². The molecule has 0 unspecified atom stereocenters. The van der Waals surface area contributed by atoms with Crippen LogP contribution in [0.25, 0.3) is 4.85 Å². The predicted molar refractivity (Wildman–Crippen MR) is 197 cm³/mol. The summed E-state index contributed by atoms with van der Waals surface area (Å²) in [5, 5.41) is 9.83. The quantitative estimate of drug-likeness (QED) is 0.0872. The van der Waals surface area contributed by atoms with Crippen LogP contribution in [0.5, 0.6) is 0 Å². The zero-order chi connectivity index (χ0) is 33.0. The topological polar surface area (TPSA) is 59.4 Å². The molecule has 6 rings (SSSR count). The second-order valence-corrected chi connectivity index (χ2v) is 10.6. The van der Waals surface area contributed by atoms with Crippen molar-refractivity contribution in [2.75, 3.05) is 9.80 Å². The summed E-state index contributed by atoms with van der Waals surface area (Å²) in [6.45, 7) is 7.68. The van der Waals surface area contributed by atoms with E-state index in [1.165, 1.54) is 0 Å². The molecule has 0 fully saturated rings. The molecule has 0 aromatic heterocycles. The molecule has 6 heteroatoms. The van der Waals surface area contributed by atoms with Gasteiger partial charge in [-0.15, -0.1) is 4.99 Å². The molecular weight excluding hydrogens is 589 g/mol. The van der Waals surface area contributed by atoms with E-state index in [9.17, 15) is 5.26 Å². The van der Waals surface area contributed by atoms with E-state index in [2.05, 4.69) is 73.2 Å². The van der Waals surface area contributed by atoms with Crippen molar-refractivity contribution < 1.29 is 0 Å². The zero-order valence-corrected chi connectivity index (χ0v) is 26.0. The first-order valence-corrected chi connectivity index (χ1v) is 15.3. The SMILES string of the molecule is [C-]#[N+]C(/N=C/c1ccc(N(c2ccccc2)c2ccccc2)cc1)=C(\C#N)N=Cc1ccc(N(c2ccccc2)c2ccccc2)cc1. The van der Waals surface area contributed by atoms with Crippen LogP contribution in [-0.2, 0) is 0 Å². The van der Waals surface area contributed by atoms with Gasteiger partial charge in [0.05, 0.1) is 0 Å². The van der Waals surface area contributed by atoms with E-state index in [1.807, 2.05) is 127 Å². The molecule has 0 heterocycles. The minimum Gasteiger partial charge on any atom is -0.358 e. The van der Waals surface area contributed by atoms with Gasteiger partial charge in [-0.3, -0.25) is 4.99 Å². The molecule has 0 spiro atoms. The van der Waals surface area contributed by atoms with Crippen LogP contribution < -0.4 is 9.80 Å². The van der Waals surface area contributed by atoms with Crippen molar-refractivity contribution in [2.24, 2.45) is 9.98 Å². The van der Waals surface area contributed by atoms with Crippen molar-refractivity contribution >= 4 is 46.6 Å². The minimum absolute atomic E-state index is 0.0588. The van der Waals surface area contributed by atoms with Crippen LogP contribution in [-0.4, -0.2) is 12.4 Å². The molecule has 0 aliphatic carbocycles. The molecule has 0 saturated carbocycles. The first-order chi connectivity index (χ1) is 23.7. The van der Waals surface area contributed by atoms with Crippen LogP contribution in [0.4, 0.5) is 34.1 Å². The Morgan fingerprint density at radius 2 is 0.792 bits per heavy atom. The first kappa shape index (κ1) is 31.0. The van der Waals surface area contributed by atoms with Crippen molar-refractivity contribution in [3.8, 4) is 6.07 Å². The highest BCUT2D eigenvalue weighted by molar-refractivity contribution is 5.85. The second kappa shape index (κ2) is 15.3. The number of benzene rings is 6. The van der Waals surface area contributed by atoms with Crippen molar-refractivity contribution in [2.45, 2.75) is 0 Å². The monoisotopic (exact) mass is 618 g/mol. The summed E-state index contributed by atoms with van der Waals surface area (Å²) in [6.07, 6.45) is 3.16. The smallest absolute Gasteiger partial charge is 0.306 e. The predicted octanol–water partition coefficient (Wildman–Crippen LogP) is 10.8. The lowest BCUT2D eigenvalue weighted by atomic mass is 10.1. The number of hydrogen-bond donors (Lipinski definition) is 0. The summed E-state index contributed by atoms with van der Waals surface area (Å²) in [7, 11) is 0. The maximum Gasteiger partial charge on any atom is 0.306 e. The number of para-hydroxylation sites is 4. The zero-order valence-electron chi connectivity index (χ0n) is 26.0. The lowest BCUT2D eigenvalue weighted by Gasteiger charge is -2.25. The number of nitriles is 1. The Balaban J connectivity index is 1.20. The average Bonchev–Trinajstić information content (AvgIpc) is 3.16. The first-order valence-electron chi connectivity index (χ1n) is 15.3. The van der Waals surface area contributed by atoms with E-state index in [-0.39, 0.29) is 11.5 Å². The highest BCUT2D eigenvalue weighted by Gasteiger charge is 2.13. The molecule has 0 saturated heterocycles. The summed E-state index contributed by atoms with van der Waals surface area (Å²) in [5.41, 5.74) is 7.65. The van der Waals surface area contributed by atoms with Gasteiger partial charge < -0.3 is 14.6 Å². The standard InChI is InChI=1S/C42H30N6/c1-44-42(46-32-34-24-28-40(29-25-34)48(37-18-10-4-11-19-37)38-20-12-5-13-21-38)41(30-43)45-31-33-22-26-39(27-23-33)47(35-14-6-2-7-15-35)36-16-8-3-9-17-36/h2-29,31-32H/b42-41-,45-31?,46-32+. The fourth-order valence-corrected chi connectivity index (χ4v) is 5.18. The third kappa shape index (κ3) is 7.43. The fourth-order valence-electron chi connectivity index (χ4n) is 5.18. The van der Waals surface area contributed by atoms with Crippen LogP contribution in [0.3, 0.4) is 0 Å². The van der Waals surface area contributed by atoms with E-state index in [0.717, 1.165) is 45.3 Å². The maximum atomic E-state index is 9.83. The van der Waals surface area contributed by atoms with Crippen molar-refractivity contribution in [1.29, 1.82) is 5.26 Å². The number of hydrogen-bond acceptors (Lipinski definition) is 5. The van der Waals surface area contributed by atoms with Gasteiger partial charge in [-0.25, -0.2) is 0 Å². The van der Waals surface area contributed by atoms with Gasteiger partial charge in [0.1, 0.15) is 12.3 Å². The Morgan fingerprint density at radius 1 is 0.479 bits per heavy atom. The van der Waals surface area contributed by atoms with E-state index < -0.39 is 0 Å². The molecular formula is C42H30N6. The molecule has 0 atom stereocenters. The molecule has 48 heavy (non-hydrogen) atoms. The van der Waals surface area contributed by atoms with Crippen LogP contribution in [0.15, 0.2) is 191 Å². The molecule has 228 valence electrons. The molecule has 6 nitrogen and oxygen atoms in total. The summed E-state index contributed by atoms with van der Waals surface area (Å²) in [5.74, 6) is -0.0797. The third-order valence-electron chi connectivity index (χ3n) is 7.46. The maximum absolute atomic E-state index is 9.83. The largest absolute Gasteiger partial charge is 0.358 e. The molecule has 6 aromatic carbocycles. The number of rotatable bonds is 10. The van der Waals surface area contributed by atoms with E-state index in [4.69, 9.17) is 6.57 Å². The Morgan fingerprint density at radius 3 is 1.10 bits per heavy atom. The molecule has 0 aliphatic heterocycles. The van der Waals surface area contributed by atoms with Crippen LogP contribution in [0.2, 0.25) is 0 Å². The highest BCUT2D eigenvalue weighted by Crippen LogP contribution is 2.35. The van der Waals surface area contributed by atoms with Gasteiger partial charge >= 0.3 is 5.82 Å². The number of nitrogens with zero attached hydrogens (tertiary/aromatic N) is 6. The number of aliphatic imine (C=N–C) groups is 2. The summed E-state index contributed by atoms with van der Waals surface area (Å²) < 4.78 is 0. The molecule has 0 N–H and O–H groups in total. The van der Waals surface area contributed by atoms with E-state index in [1.54, 1.807) is 12.4 Å². The van der Waals surface area contributed by atoms with Gasteiger partial charge in [-0.05, 0) is 90.5 Å². The van der Waals surface area contributed by atoms with Gasteiger partial charge in [0.15, 0.2) is 5.70 Å².